The second-order valence-corrected chi connectivity index (χ2v) is 35.5. The highest BCUT2D eigenvalue weighted by molar-refractivity contribution is 5.90. The van der Waals surface area contributed by atoms with E-state index in [0.29, 0.717) is 47.9 Å². The van der Waals surface area contributed by atoms with Gasteiger partial charge in [0.2, 0.25) is 0 Å². The van der Waals surface area contributed by atoms with E-state index in [9.17, 15) is 36.7 Å². The smallest absolute Gasteiger partial charge is 0.328 e. The van der Waals surface area contributed by atoms with Gasteiger partial charge in [0, 0.05) is 118 Å². The second-order valence-electron chi connectivity index (χ2n) is 35.5. The lowest BCUT2D eigenvalue weighted by Crippen LogP contribution is -2.48. The van der Waals surface area contributed by atoms with Crippen molar-refractivity contribution in [3.8, 4) is 0 Å². The molecule has 0 amide bonds. The molecule has 2 unspecified atom stereocenters. The first-order chi connectivity index (χ1) is 60.2. The number of fused-ring (bicyclic) bond motifs is 12. The number of rotatable bonds is 20. The van der Waals surface area contributed by atoms with Crippen molar-refractivity contribution in [1.29, 1.82) is 0 Å². The van der Waals surface area contributed by atoms with E-state index in [0.717, 1.165) is 163 Å². The Morgan fingerprint density at radius 2 is 0.500 bits per heavy atom. The van der Waals surface area contributed by atoms with E-state index in [1.54, 1.807) is 44.4 Å². The quantitative estimate of drug-likeness (QED) is 0.0260. The molecular formula is C96H96F12N12O8. The number of benzene rings is 8. The zero-order valence-corrected chi connectivity index (χ0v) is 72.0. The molecule has 4 aromatic heterocycles. The van der Waals surface area contributed by atoms with Crippen LogP contribution in [0.3, 0.4) is 0 Å². The molecule has 0 bridgehead atoms. The minimum atomic E-state index is -1.58. The largest absolute Gasteiger partial charge is 0.478 e. The summed E-state index contributed by atoms with van der Waals surface area (Å²) in [5, 5.41) is 66.7. The molecule has 4 aliphatic rings. The summed E-state index contributed by atoms with van der Waals surface area (Å²) in [4.78, 5) is 50.2. The van der Waals surface area contributed by atoms with Crippen LogP contribution in [0.1, 0.15) is 196 Å². The summed E-state index contributed by atoms with van der Waals surface area (Å²) in [5.74, 6) is -11.4. The first kappa shape index (κ1) is 93.1. The third kappa shape index (κ3) is 20.7. The van der Waals surface area contributed by atoms with Gasteiger partial charge in [-0.2, -0.15) is 20.4 Å². The number of halogens is 12. The van der Waals surface area contributed by atoms with Crippen LogP contribution in [0.5, 0.6) is 0 Å². The van der Waals surface area contributed by atoms with E-state index in [4.69, 9.17) is 20.4 Å². The summed E-state index contributed by atoms with van der Waals surface area (Å²) in [6.45, 7) is 19.2. The first-order valence-electron chi connectivity index (χ1n) is 41.4. The molecule has 0 saturated heterocycles. The van der Waals surface area contributed by atoms with Gasteiger partial charge in [0.1, 0.15) is 69.2 Å². The van der Waals surface area contributed by atoms with Gasteiger partial charge in [-0.3, -0.25) is 40.0 Å². The molecule has 8 aromatic carbocycles. The van der Waals surface area contributed by atoms with Gasteiger partial charge in [0.05, 0.1) is 71.0 Å². The fraction of sp³-hybridized carbons (Fsp3) is 0.333. The third-order valence-electron chi connectivity index (χ3n) is 23.3. The van der Waals surface area contributed by atoms with Crippen molar-refractivity contribution in [3.63, 3.8) is 0 Å². The molecule has 0 saturated carbocycles. The second kappa shape index (κ2) is 37.0. The van der Waals surface area contributed by atoms with Crippen molar-refractivity contribution >= 4 is 91.8 Å². The number of carboxylic acid groups (broad SMARTS) is 4. The Hall–Kier alpha value is -12.5. The molecule has 0 radical (unpaired) electrons. The maximum Gasteiger partial charge on any atom is 0.328 e. The van der Waals surface area contributed by atoms with Crippen molar-refractivity contribution < 1.29 is 92.3 Å². The first-order valence-corrected chi connectivity index (χ1v) is 41.4. The summed E-state index contributed by atoms with van der Waals surface area (Å²) < 4.78 is 182. The minimum Gasteiger partial charge on any atom is -0.478 e. The lowest BCUT2D eigenvalue weighted by Gasteiger charge is -2.44. The standard InChI is InChI=1S/4C24H24F3N3O2/c4*1-13-8-16-15(5-6-20-17(16)11-28-29-20)23(30(13)12-24(2,3)27)22-18(25)9-14(10-19(22)26)4-7-21(31)32/h4*4-7,9-11,13,23H,8,12H2,1-3H3,(H,28,29)(H,31,32)/b4*7-4+/t3*13-,23+;/m110./s1. The molecule has 0 aliphatic carbocycles. The van der Waals surface area contributed by atoms with Gasteiger partial charge >= 0.3 is 23.9 Å². The van der Waals surface area contributed by atoms with Crippen molar-refractivity contribution in [2.75, 3.05) is 26.2 Å². The lowest BCUT2D eigenvalue weighted by molar-refractivity contribution is -0.132. The number of carboxylic acids is 4. The lowest BCUT2D eigenvalue weighted by atomic mass is 9.82. The predicted molar refractivity (Wildman–Crippen MR) is 464 cm³/mol. The van der Waals surface area contributed by atoms with Crippen LogP contribution in [0.15, 0.2) is 146 Å². The predicted octanol–water partition coefficient (Wildman–Crippen LogP) is 20.1. The molecule has 32 heteroatoms. The van der Waals surface area contributed by atoms with Crippen LogP contribution in [0, 0.1) is 46.5 Å². The topological polar surface area (TPSA) is 277 Å². The summed E-state index contributed by atoms with van der Waals surface area (Å²) in [5.41, 5.74) is 3.12. The Morgan fingerprint density at radius 3 is 0.656 bits per heavy atom. The molecule has 8 heterocycles. The molecule has 8 N–H and O–H groups in total. The molecule has 128 heavy (non-hydrogen) atoms. The van der Waals surface area contributed by atoms with E-state index < -0.39 is 117 Å². The van der Waals surface area contributed by atoms with E-state index in [-0.39, 0.29) is 94.9 Å². The number of H-pyrrole nitrogens is 4. The average molecular weight is 1770 g/mol. The summed E-state index contributed by atoms with van der Waals surface area (Å²) >= 11 is 0. The van der Waals surface area contributed by atoms with Gasteiger partial charge in [0.25, 0.3) is 0 Å². The fourth-order valence-corrected chi connectivity index (χ4v) is 18.2. The molecule has 4 aliphatic heterocycles. The number of aromatic nitrogens is 8. The zero-order chi connectivity index (χ0) is 92.8. The SMILES string of the molecule is CC1Cc2c(ccc3[nH]ncc23)C(c2c(F)cc(/C=C/C(=O)O)cc2F)N1CC(C)(C)F.C[C@@H]1Cc2c(ccc3[nH]ncc23)[C@@H](c2c(F)cc(/C=C/C(=O)O)cc2F)N1CC(C)(C)F.C[C@@H]1Cc2c(ccc3[nH]ncc23)[C@@H](c2c(F)cc(/C=C/C(=O)O)cc2F)N1CC(C)(C)F.C[C@H]1Cc2c(ccc3[nH]ncc23)[C@H](c2c(F)cc(/C=C/C(=O)O)cc2F)N1CC(C)(C)F. The van der Waals surface area contributed by atoms with Crippen molar-refractivity contribution in [2.45, 2.75) is 180 Å². The van der Waals surface area contributed by atoms with E-state index >= 15 is 35.1 Å². The Morgan fingerprint density at radius 1 is 0.328 bits per heavy atom. The highest BCUT2D eigenvalue weighted by Crippen LogP contribution is 2.49. The average Bonchev–Trinajstić information content (AvgIpc) is 1.25. The van der Waals surface area contributed by atoms with Gasteiger partial charge in [-0.15, -0.1) is 0 Å². The van der Waals surface area contributed by atoms with Crippen LogP contribution in [-0.2, 0) is 44.9 Å². The van der Waals surface area contributed by atoms with Crippen molar-refractivity contribution in [3.05, 3.63) is 282 Å². The zero-order valence-electron chi connectivity index (χ0n) is 72.0. The molecule has 8 atom stereocenters. The molecular weight excluding hydrogens is 1680 g/mol. The van der Waals surface area contributed by atoms with Gasteiger partial charge in [-0.05, 0) is 273 Å². The van der Waals surface area contributed by atoms with Crippen LogP contribution >= 0.6 is 0 Å². The molecule has 12 aromatic rings. The summed E-state index contributed by atoms with van der Waals surface area (Å²) in [6, 6.07) is 19.2. The van der Waals surface area contributed by atoms with Crippen LogP contribution in [0.2, 0.25) is 0 Å². The molecule has 0 spiro atoms. The number of aromatic amines is 4. The Kier molecular flexibility index (Phi) is 27.0. The van der Waals surface area contributed by atoms with Crippen LogP contribution < -0.4 is 0 Å². The van der Waals surface area contributed by atoms with Crippen LogP contribution in [0.25, 0.3) is 67.9 Å². The highest BCUT2D eigenvalue weighted by Gasteiger charge is 2.46. The molecule has 20 nitrogen and oxygen atoms in total. The van der Waals surface area contributed by atoms with E-state index in [2.05, 4.69) is 40.8 Å². The Balaban J connectivity index is 0.000000146. The highest BCUT2D eigenvalue weighted by atomic mass is 19.2. The van der Waals surface area contributed by atoms with Crippen molar-refractivity contribution in [1.82, 2.24) is 60.4 Å². The number of hydrogen-bond acceptors (Lipinski definition) is 12. The van der Waals surface area contributed by atoms with E-state index in [1.807, 2.05) is 76.2 Å². The maximum absolute atomic E-state index is 15.3. The van der Waals surface area contributed by atoms with Crippen LogP contribution in [-0.4, -0.2) is 178 Å². The molecule has 16 rings (SSSR count). The van der Waals surface area contributed by atoms with Gasteiger partial charge in [-0.25, -0.2) is 71.9 Å². The maximum atomic E-state index is 15.3. The molecule has 672 valence electrons. The third-order valence-corrected chi connectivity index (χ3v) is 23.3. The number of nitrogens with one attached hydrogen (secondary N) is 4. The number of aliphatic carboxylic acids is 4. The fourth-order valence-electron chi connectivity index (χ4n) is 18.2. The van der Waals surface area contributed by atoms with Gasteiger partial charge in [-0.1, -0.05) is 24.3 Å². The Labute approximate surface area is 728 Å². The number of carbonyl (C=O) groups is 4. The summed E-state index contributed by atoms with van der Waals surface area (Å²) in [7, 11) is 0. The summed E-state index contributed by atoms with van der Waals surface area (Å²) in [6.07, 6.45) is 16.9. The van der Waals surface area contributed by atoms with Gasteiger partial charge < -0.3 is 20.4 Å². The molecule has 0 fully saturated rings. The van der Waals surface area contributed by atoms with Crippen molar-refractivity contribution in [2.24, 2.45) is 0 Å². The number of nitrogens with zero attached hydrogens (tertiary/aromatic N) is 8. The van der Waals surface area contributed by atoms with Gasteiger partial charge in [0.15, 0.2) is 0 Å². The minimum absolute atomic E-state index is 0.0127. The Bertz CT molecular complexity index is 5520. The number of hydrogen-bond donors (Lipinski definition) is 8. The number of alkyl halides is 4. The normalized spacial score (nSPS) is 19.6. The van der Waals surface area contributed by atoms with E-state index in [1.165, 1.54) is 55.4 Å². The monoisotopic (exact) mass is 1770 g/mol. The van der Waals surface area contributed by atoms with Crippen LogP contribution in [0.4, 0.5) is 52.7 Å².